The first-order valence-corrected chi connectivity index (χ1v) is 19.7. The van der Waals surface area contributed by atoms with E-state index in [0.29, 0.717) is 13.0 Å². The Balaban J connectivity index is 0. The molecule has 0 aromatic carbocycles. The minimum atomic E-state index is -0.651. The number of aliphatic carboxylic acids is 1. The van der Waals surface area contributed by atoms with Crippen LogP contribution in [0.3, 0.4) is 0 Å². The normalized spacial score (nSPS) is 11.2. The van der Waals surface area contributed by atoms with Gasteiger partial charge in [0, 0.05) is 13.0 Å². The fraction of sp³-hybridized carbons (Fsp3) is 0.925. The number of unbranched alkanes of at least 4 members (excludes halogenated alkanes) is 30. The molecule has 0 aliphatic rings. The monoisotopic (exact) mass is 609 g/mol. The van der Waals surface area contributed by atoms with E-state index in [4.69, 9.17) is 10.2 Å². The molecule has 0 atom stereocenters. The number of carbonyl (C=O) groups is 1. The molecule has 0 rings (SSSR count). The first-order chi connectivity index (χ1) is 21.2. The maximum atomic E-state index is 10.4. The van der Waals surface area contributed by atoms with E-state index in [2.05, 4.69) is 26.0 Å². The number of aliphatic hydroxyl groups is 1. The minimum absolute atomic E-state index is 0.346. The van der Waals surface area contributed by atoms with Gasteiger partial charge in [-0.3, -0.25) is 4.79 Å². The summed E-state index contributed by atoms with van der Waals surface area (Å²) in [6, 6.07) is 0. The maximum Gasteiger partial charge on any atom is 0.303 e. The van der Waals surface area contributed by atoms with Gasteiger partial charge in [0.25, 0.3) is 0 Å². The van der Waals surface area contributed by atoms with Gasteiger partial charge in [-0.05, 0) is 38.5 Å². The quantitative estimate of drug-likeness (QED) is 0.0556. The van der Waals surface area contributed by atoms with Gasteiger partial charge < -0.3 is 10.2 Å². The van der Waals surface area contributed by atoms with Crippen molar-refractivity contribution in [2.45, 2.75) is 232 Å². The standard InChI is InChI=1S/C22H44O2.C18H36O/c1-2-3-4-5-6-7-8-9-10-11-12-13-14-15-16-17-18-19-20-21-22(23)24;1-2-3-4-5-6-7-8-9-10-11-12-13-14-15-16-17-18-19/h2-21H2,1H3,(H,23,24);9-10,19H,2-8,11-18H2,1H3/b;10-9-. The van der Waals surface area contributed by atoms with Crippen LogP contribution in [0.4, 0.5) is 0 Å². The summed E-state index contributed by atoms with van der Waals surface area (Å²) in [6.07, 6.45) is 49.3. The van der Waals surface area contributed by atoms with Crippen LogP contribution in [-0.4, -0.2) is 22.8 Å². The van der Waals surface area contributed by atoms with Crippen molar-refractivity contribution in [2.24, 2.45) is 0 Å². The predicted molar refractivity (Wildman–Crippen MR) is 192 cm³/mol. The van der Waals surface area contributed by atoms with E-state index >= 15 is 0 Å². The molecule has 0 aliphatic carbocycles. The van der Waals surface area contributed by atoms with Gasteiger partial charge in [0.2, 0.25) is 0 Å². The van der Waals surface area contributed by atoms with Crippen molar-refractivity contribution < 1.29 is 15.0 Å². The number of hydrogen-bond donors (Lipinski definition) is 2. The minimum Gasteiger partial charge on any atom is -0.481 e. The van der Waals surface area contributed by atoms with Crippen molar-refractivity contribution in [1.82, 2.24) is 0 Å². The van der Waals surface area contributed by atoms with Gasteiger partial charge in [0.15, 0.2) is 0 Å². The van der Waals surface area contributed by atoms with Crippen LogP contribution < -0.4 is 0 Å². The first kappa shape index (κ1) is 44.3. The number of carboxylic acids is 1. The lowest BCUT2D eigenvalue weighted by molar-refractivity contribution is -0.137. The molecule has 0 unspecified atom stereocenters. The zero-order chi connectivity index (χ0) is 31.7. The van der Waals surface area contributed by atoms with Crippen molar-refractivity contribution in [1.29, 1.82) is 0 Å². The van der Waals surface area contributed by atoms with Crippen molar-refractivity contribution in [3.8, 4) is 0 Å². The smallest absolute Gasteiger partial charge is 0.303 e. The molecular formula is C40H80O3. The van der Waals surface area contributed by atoms with E-state index in [1.54, 1.807) is 0 Å². The van der Waals surface area contributed by atoms with Crippen LogP contribution in [0.25, 0.3) is 0 Å². The van der Waals surface area contributed by atoms with Gasteiger partial charge >= 0.3 is 5.97 Å². The van der Waals surface area contributed by atoms with Crippen LogP contribution in [-0.2, 0) is 4.79 Å². The molecule has 0 fully saturated rings. The van der Waals surface area contributed by atoms with Crippen LogP contribution in [0.15, 0.2) is 12.2 Å². The fourth-order valence-electron chi connectivity index (χ4n) is 5.71. The molecule has 258 valence electrons. The summed E-state index contributed by atoms with van der Waals surface area (Å²) >= 11 is 0. The van der Waals surface area contributed by atoms with E-state index in [1.807, 2.05) is 0 Å². The van der Waals surface area contributed by atoms with Crippen molar-refractivity contribution >= 4 is 5.97 Å². The van der Waals surface area contributed by atoms with Crippen LogP contribution in [0.1, 0.15) is 232 Å². The van der Waals surface area contributed by atoms with E-state index < -0.39 is 5.97 Å². The third-order valence-electron chi connectivity index (χ3n) is 8.66. The van der Waals surface area contributed by atoms with Crippen molar-refractivity contribution in [3.05, 3.63) is 12.2 Å². The third kappa shape index (κ3) is 48.3. The lowest BCUT2D eigenvalue weighted by Crippen LogP contribution is -1.93. The van der Waals surface area contributed by atoms with E-state index in [0.717, 1.165) is 19.3 Å². The highest BCUT2D eigenvalue weighted by Gasteiger charge is 1.97. The molecule has 3 heteroatoms. The summed E-state index contributed by atoms with van der Waals surface area (Å²) in [7, 11) is 0. The van der Waals surface area contributed by atoms with Crippen molar-refractivity contribution in [3.63, 3.8) is 0 Å². The highest BCUT2D eigenvalue weighted by molar-refractivity contribution is 5.66. The molecule has 0 radical (unpaired) electrons. The van der Waals surface area contributed by atoms with Crippen LogP contribution in [0.2, 0.25) is 0 Å². The third-order valence-corrected chi connectivity index (χ3v) is 8.66. The molecule has 43 heavy (non-hydrogen) atoms. The van der Waals surface area contributed by atoms with Crippen LogP contribution >= 0.6 is 0 Å². The first-order valence-electron chi connectivity index (χ1n) is 19.7. The molecule has 0 saturated carbocycles. The summed E-state index contributed by atoms with van der Waals surface area (Å²) in [5, 5.41) is 17.2. The SMILES string of the molecule is CCCCCCCC/C=C\CCCCCCCCO.CCCCCCCCCCCCCCCCCCCCCC(=O)O. The van der Waals surface area contributed by atoms with Gasteiger partial charge in [-0.2, -0.15) is 0 Å². The number of allylic oxidation sites excluding steroid dienone is 2. The Kier molecular flexibility index (Phi) is 44.6. The fourth-order valence-corrected chi connectivity index (χ4v) is 5.71. The summed E-state index contributed by atoms with van der Waals surface area (Å²) in [6.45, 7) is 4.92. The number of hydrogen-bond acceptors (Lipinski definition) is 2. The number of carboxylic acid groups (broad SMARTS) is 1. The van der Waals surface area contributed by atoms with E-state index in [9.17, 15) is 4.79 Å². The topological polar surface area (TPSA) is 57.5 Å². The van der Waals surface area contributed by atoms with Gasteiger partial charge in [-0.1, -0.05) is 199 Å². The second-order valence-corrected chi connectivity index (χ2v) is 13.2. The Morgan fingerprint density at radius 1 is 0.395 bits per heavy atom. The molecule has 0 aromatic heterocycles. The molecular weight excluding hydrogens is 528 g/mol. The number of rotatable bonds is 35. The largest absolute Gasteiger partial charge is 0.481 e. The molecule has 0 amide bonds. The van der Waals surface area contributed by atoms with Gasteiger partial charge in [0.05, 0.1) is 0 Å². The molecule has 3 nitrogen and oxygen atoms in total. The molecule has 0 heterocycles. The zero-order valence-corrected chi connectivity index (χ0v) is 29.7. The second kappa shape index (κ2) is 43.3. The average molecular weight is 609 g/mol. The zero-order valence-electron chi connectivity index (χ0n) is 29.7. The summed E-state index contributed by atoms with van der Waals surface area (Å²) in [5.41, 5.74) is 0. The van der Waals surface area contributed by atoms with Gasteiger partial charge in [0.1, 0.15) is 0 Å². The average Bonchev–Trinajstić information content (AvgIpc) is 3.00. The van der Waals surface area contributed by atoms with Crippen LogP contribution in [0, 0.1) is 0 Å². The summed E-state index contributed by atoms with van der Waals surface area (Å²) in [4.78, 5) is 10.4. The molecule has 0 aliphatic heterocycles. The lowest BCUT2D eigenvalue weighted by atomic mass is 10.0. The Bertz CT molecular complexity index is 516. The van der Waals surface area contributed by atoms with E-state index in [-0.39, 0.29) is 0 Å². The van der Waals surface area contributed by atoms with E-state index in [1.165, 1.54) is 193 Å². The van der Waals surface area contributed by atoms with Crippen LogP contribution in [0.5, 0.6) is 0 Å². The molecule has 0 aromatic rings. The Hall–Kier alpha value is -0.830. The van der Waals surface area contributed by atoms with Gasteiger partial charge in [-0.15, -0.1) is 0 Å². The lowest BCUT2D eigenvalue weighted by Gasteiger charge is -2.03. The molecule has 0 spiro atoms. The highest BCUT2D eigenvalue weighted by atomic mass is 16.4. The molecule has 0 saturated heterocycles. The Morgan fingerprint density at radius 3 is 0.930 bits per heavy atom. The summed E-state index contributed by atoms with van der Waals surface area (Å²) < 4.78 is 0. The molecule has 2 N–H and O–H groups in total. The molecule has 0 bridgehead atoms. The summed E-state index contributed by atoms with van der Waals surface area (Å²) in [5.74, 6) is -0.651. The maximum absolute atomic E-state index is 10.4. The second-order valence-electron chi connectivity index (χ2n) is 13.2. The Morgan fingerprint density at radius 2 is 0.651 bits per heavy atom. The number of aliphatic hydroxyl groups excluding tert-OH is 1. The van der Waals surface area contributed by atoms with Crippen molar-refractivity contribution in [2.75, 3.05) is 6.61 Å². The Labute approximate surface area is 271 Å². The predicted octanol–water partition coefficient (Wildman–Crippen LogP) is 13.9. The van der Waals surface area contributed by atoms with Gasteiger partial charge in [-0.25, -0.2) is 0 Å². The highest BCUT2D eigenvalue weighted by Crippen LogP contribution is 2.15.